The molecule has 0 aromatic carbocycles. The maximum absolute atomic E-state index is 9.04. The fourth-order valence-corrected chi connectivity index (χ4v) is 1.26. The molecule has 0 aliphatic heterocycles. The van der Waals surface area contributed by atoms with Gasteiger partial charge in [0.25, 0.3) is 0 Å². The molecule has 2 heteroatoms. The summed E-state index contributed by atoms with van der Waals surface area (Å²) in [4.78, 5) is 0. The molecular weight excluding hydrogens is 102 g/mol. The largest absolute Gasteiger partial charge is 0.393 e. The van der Waals surface area contributed by atoms with Gasteiger partial charge in [-0.25, -0.2) is 0 Å². The van der Waals surface area contributed by atoms with Crippen LogP contribution in [-0.2, 0) is 0 Å². The van der Waals surface area contributed by atoms with E-state index in [0.717, 1.165) is 19.3 Å². The molecule has 1 aliphatic rings. The Morgan fingerprint density at radius 2 is 2.12 bits per heavy atom. The molecule has 1 fully saturated rings. The Labute approximate surface area is 49.7 Å². The standard InChI is InChI=1S/C6H13NO/c7-5-2-1-3-6(8)4-5/h5-6,8H,1-4,7H2/p+1. The lowest BCUT2D eigenvalue weighted by Gasteiger charge is -2.19. The molecule has 0 heterocycles. The minimum Gasteiger partial charge on any atom is -0.393 e. The van der Waals surface area contributed by atoms with Gasteiger partial charge >= 0.3 is 0 Å². The molecule has 1 rings (SSSR count). The van der Waals surface area contributed by atoms with E-state index < -0.39 is 0 Å². The molecule has 2 atom stereocenters. The average molecular weight is 116 g/mol. The summed E-state index contributed by atoms with van der Waals surface area (Å²) < 4.78 is 0. The first-order chi connectivity index (χ1) is 3.79. The number of hydrogen-bond acceptors (Lipinski definition) is 1. The zero-order valence-electron chi connectivity index (χ0n) is 5.14. The molecule has 48 valence electrons. The van der Waals surface area contributed by atoms with Gasteiger partial charge in [0.15, 0.2) is 0 Å². The van der Waals surface area contributed by atoms with Crippen LogP contribution in [0.2, 0.25) is 0 Å². The summed E-state index contributed by atoms with van der Waals surface area (Å²) in [6.45, 7) is 0. The molecule has 2 nitrogen and oxygen atoms in total. The first kappa shape index (κ1) is 6.05. The minimum absolute atomic E-state index is 0.0498. The fourth-order valence-electron chi connectivity index (χ4n) is 1.26. The summed E-state index contributed by atoms with van der Waals surface area (Å²) in [5.41, 5.74) is 3.89. The normalized spacial score (nSPS) is 39.8. The van der Waals surface area contributed by atoms with Crippen molar-refractivity contribution in [1.29, 1.82) is 0 Å². The second-order valence-corrected chi connectivity index (χ2v) is 2.69. The minimum atomic E-state index is -0.0498. The summed E-state index contributed by atoms with van der Waals surface area (Å²) in [6.07, 6.45) is 4.23. The summed E-state index contributed by atoms with van der Waals surface area (Å²) >= 11 is 0. The van der Waals surface area contributed by atoms with Crippen LogP contribution in [0, 0.1) is 0 Å². The third-order valence-electron chi connectivity index (χ3n) is 1.76. The third-order valence-corrected chi connectivity index (χ3v) is 1.76. The molecule has 2 unspecified atom stereocenters. The van der Waals surface area contributed by atoms with Crippen LogP contribution in [0.1, 0.15) is 25.7 Å². The monoisotopic (exact) mass is 116 g/mol. The van der Waals surface area contributed by atoms with E-state index in [1.807, 2.05) is 0 Å². The van der Waals surface area contributed by atoms with E-state index in [-0.39, 0.29) is 6.10 Å². The SMILES string of the molecule is [NH3+]C1CCCC(O)C1. The van der Waals surface area contributed by atoms with Crippen molar-refractivity contribution >= 4 is 0 Å². The van der Waals surface area contributed by atoms with Crippen molar-refractivity contribution in [3.8, 4) is 0 Å². The first-order valence-electron chi connectivity index (χ1n) is 3.30. The summed E-state index contributed by atoms with van der Waals surface area (Å²) in [7, 11) is 0. The third kappa shape index (κ3) is 1.46. The van der Waals surface area contributed by atoms with Crippen molar-refractivity contribution < 1.29 is 10.8 Å². The summed E-state index contributed by atoms with van der Waals surface area (Å²) in [5, 5.41) is 9.04. The second-order valence-electron chi connectivity index (χ2n) is 2.69. The molecule has 1 aliphatic carbocycles. The molecule has 0 radical (unpaired) electrons. The fraction of sp³-hybridized carbons (Fsp3) is 1.00. The van der Waals surface area contributed by atoms with Crippen molar-refractivity contribution in [2.24, 2.45) is 0 Å². The highest BCUT2D eigenvalue weighted by molar-refractivity contribution is 4.68. The zero-order valence-corrected chi connectivity index (χ0v) is 5.14. The Bertz CT molecular complexity index is 66.9. The van der Waals surface area contributed by atoms with Crippen LogP contribution in [0.15, 0.2) is 0 Å². The molecule has 0 saturated heterocycles. The maximum atomic E-state index is 9.04. The lowest BCUT2D eigenvalue weighted by atomic mass is 9.94. The van der Waals surface area contributed by atoms with Gasteiger partial charge < -0.3 is 10.8 Å². The Hall–Kier alpha value is -0.0800. The van der Waals surface area contributed by atoms with Gasteiger partial charge in [0, 0.05) is 6.42 Å². The van der Waals surface area contributed by atoms with Gasteiger partial charge in [-0.15, -0.1) is 0 Å². The molecule has 8 heavy (non-hydrogen) atoms. The molecular formula is C6H14NO+. The predicted molar refractivity (Wildman–Crippen MR) is 31.2 cm³/mol. The van der Waals surface area contributed by atoms with Gasteiger partial charge in [-0.3, -0.25) is 0 Å². The molecule has 0 aromatic heterocycles. The molecule has 0 amide bonds. The maximum Gasteiger partial charge on any atom is 0.0868 e. The van der Waals surface area contributed by atoms with Gasteiger partial charge in [0.1, 0.15) is 0 Å². The van der Waals surface area contributed by atoms with Crippen LogP contribution in [0.4, 0.5) is 0 Å². The van der Waals surface area contributed by atoms with E-state index >= 15 is 0 Å². The van der Waals surface area contributed by atoms with Gasteiger partial charge in [0.05, 0.1) is 12.1 Å². The highest BCUT2D eigenvalue weighted by atomic mass is 16.3. The van der Waals surface area contributed by atoms with Crippen molar-refractivity contribution in [3.63, 3.8) is 0 Å². The van der Waals surface area contributed by atoms with Crippen molar-refractivity contribution in [2.75, 3.05) is 0 Å². The van der Waals surface area contributed by atoms with Crippen LogP contribution in [-0.4, -0.2) is 17.3 Å². The van der Waals surface area contributed by atoms with E-state index in [1.54, 1.807) is 0 Å². The summed E-state index contributed by atoms with van der Waals surface area (Å²) in [5.74, 6) is 0. The van der Waals surface area contributed by atoms with Crippen molar-refractivity contribution in [2.45, 2.75) is 37.8 Å². The topological polar surface area (TPSA) is 47.9 Å². The highest BCUT2D eigenvalue weighted by Gasteiger charge is 2.18. The molecule has 4 N–H and O–H groups in total. The first-order valence-corrected chi connectivity index (χ1v) is 3.30. The van der Waals surface area contributed by atoms with E-state index in [0.29, 0.717) is 6.04 Å². The van der Waals surface area contributed by atoms with Gasteiger partial charge in [-0.2, -0.15) is 0 Å². The Morgan fingerprint density at radius 1 is 1.38 bits per heavy atom. The second kappa shape index (κ2) is 2.46. The van der Waals surface area contributed by atoms with E-state index in [4.69, 9.17) is 5.11 Å². The van der Waals surface area contributed by atoms with Crippen molar-refractivity contribution in [1.82, 2.24) is 0 Å². The lowest BCUT2D eigenvalue weighted by Crippen LogP contribution is -2.62. The van der Waals surface area contributed by atoms with Crippen LogP contribution in [0.3, 0.4) is 0 Å². The van der Waals surface area contributed by atoms with E-state index in [2.05, 4.69) is 5.73 Å². The quantitative estimate of drug-likeness (QED) is 0.441. The van der Waals surface area contributed by atoms with Gasteiger partial charge in [-0.05, 0) is 19.3 Å². The molecule has 0 aromatic rings. The van der Waals surface area contributed by atoms with E-state index in [9.17, 15) is 0 Å². The van der Waals surface area contributed by atoms with Crippen LogP contribution < -0.4 is 5.73 Å². The number of aliphatic hydroxyl groups excluding tert-OH is 1. The predicted octanol–water partition coefficient (Wildman–Crippen LogP) is -0.468. The summed E-state index contributed by atoms with van der Waals surface area (Å²) in [6, 6.07) is 0.513. The van der Waals surface area contributed by atoms with Crippen LogP contribution >= 0.6 is 0 Å². The lowest BCUT2D eigenvalue weighted by molar-refractivity contribution is -0.428. The van der Waals surface area contributed by atoms with Crippen LogP contribution in [0.25, 0.3) is 0 Å². The van der Waals surface area contributed by atoms with Crippen molar-refractivity contribution in [3.05, 3.63) is 0 Å². The molecule has 0 bridgehead atoms. The Balaban J connectivity index is 2.23. The number of quaternary nitrogens is 1. The average Bonchev–Trinajstić information content (AvgIpc) is 1.64. The highest BCUT2D eigenvalue weighted by Crippen LogP contribution is 2.14. The molecule has 0 spiro atoms. The van der Waals surface area contributed by atoms with Gasteiger partial charge in [-0.1, -0.05) is 0 Å². The Kier molecular flexibility index (Phi) is 1.86. The molecule has 1 saturated carbocycles. The number of rotatable bonds is 0. The number of aliphatic hydroxyl groups is 1. The smallest absolute Gasteiger partial charge is 0.0868 e. The Morgan fingerprint density at radius 3 is 2.50 bits per heavy atom. The van der Waals surface area contributed by atoms with Gasteiger partial charge in [0.2, 0.25) is 0 Å². The van der Waals surface area contributed by atoms with E-state index in [1.165, 1.54) is 6.42 Å². The number of hydrogen-bond donors (Lipinski definition) is 2. The van der Waals surface area contributed by atoms with Crippen LogP contribution in [0.5, 0.6) is 0 Å². The zero-order chi connectivity index (χ0) is 5.98.